The smallest absolute Gasteiger partial charge is 0.162 e. The third-order valence-corrected chi connectivity index (χ3v) is 5.10. The maximum atomic E-state index is 6.26. The molecule has 2 heterocycles. The molecule has 0 aliphatic rings. The van der Waals surface area contributed by atoms with Crippen molar-refractivity contribution in [2.75, 3.05) is 21.3 Å². The van der Waals surface area contributed by atoms with E-state index in [2.05, 4.69) is 16.1 Å². The van der Waals surface area contributed by atoms with Crippen LogP contribution in [0.5, 0.6) is 11.5 Å². The van der Waals surface area contributed by atoms with Crippen LogP contribution >= 0.6 is 11.6 Å². The van der Waals surface area contributed by atoms with E-state index in [0.29, 0.717) is 29.6 Å². The highest BCUT2D eigenvalue weighted by molar-refractivity contribution is 6.30. The van der Waals surface area contributed by atoms with Crippen molar-refractivity contribution in [2.45, 2.75) is 13.1 Å². The maximum absolute atomic E-state index is 6.26. The zero-order valence-electron chi connectivity index (χ0n) is 17.1. The molecular weight excluding hydrogens is 402 g/mol. The molecule has 6 nitrogen and oxygen atoms in total. The van der Waals surface area contributed by atoms with Gasteiger partial charge in [-0.1, -0.05) is 28.9 Å². The average molecular weight is 424 g/mol. The third kappa shape index (κ3) is 4.25. The number of methoxy groups -OCH3 is 2. The zero-order chi connectivity index (χ0) is 21.1. The summed E-state index contributed by atoms with van der Waals surface area (Å²) in [5.74, 6) is 1.31. The van der Waals surface area contributed by atoms with Gasteiger partial charge in [0.2, 0.25) is 0 Å². The third-order valence-electron chi connectivity index (χ3n) is 4.86. The molecular formula is C23H22ClN3O3. The van der Waals surface area contributed by atoms with Crippen LogP contribution in [0.2, 0.25) is 5.02 Å². The molecule has 0 spiro atoms. The topological polar surface area (TPSA) is 60.6 Å². The summed E-state index contributed by atoms with van der Waals surface area (Å²) in [6.45, 7) is 1.33. The fourth-order valence-corrected chi connectivity index (χ4v) is 3.68. The normalized spacial score (nSPS) is 11.2. The Morgan fingerprint density at radius 3 is 2.50 bits per heavy atom. The van der Waals surface area contributed by atoms with Crippen molar-refractivity contribution < 1.29 is 14.0 Å². The molecule has 0 unspecified atom stereocenters. The Labute approximate surface area is 180 Å². The molecule has 4 rings (SSSR count). The zero-order valence-corrected chi connectivity index (χ0v) is 17.8. The first-order valence-electron chi connectivity index (χ1n) is 9.47. The molecule has 0 saturated heterocycles. The lowest BCUT2D eigenvalue weighted by Crippen LogP contribution is -2.18. The fraction of sp³-hybridized carbons (Fsp3) is 0.217. The van der Waals surface area contributed by atoms with E-state index < -0.39 is 0 Å². The first-order chi connectivity index (χ1) is 14.6. The molecule has 0 fully saturated rings. The van der Waals surface area contributed by atoms with Gasteiger partial charge < -0.3 is 14.0 Å². The monoisotopic (exact) mass is 423 g/mol. The maximum Gasteiger partial charge on any atom is 0.162 e. The second-order valence-corrected chi connectivity index (χ2v) is 7.51. The van der Waals surface area contributed by atoms with Crippen LogP contribution in [0.15, 0.2) is 59.3 Å². The Morgan fingerprint density at radius 2 is 1.80 bits per heavy atom. The summed E-state index contributed by atoms with van der Waals surface area (Å²) >= 11 is 6.26. The number of nitrogens with zero attached hydrogens (tertiary/aromatic N) is 3. The van der Waals surface area contributed by atoms with Crippen LogP contribution < -0.4 is 9.47 Å². The molecule has 0 aliphatic heterocycles. The van der Waals surface area contributed by atoms with Crippen LogP contribution in [-0.2, 0) is 13.1 Å². The first-order valence-corrected chi connectivity index (χ1v) is 9.84. The van der Waals surface area contributed by atoms with E-state index in [0.717, 1.165) is 33.4 Å². The van der Waals surface area contributed by atoms with Crippen molar-refractivity contribution in [3.05, 3.63) is 71.1 Å². The number of halogens is 1. The lowest BCUT2D eigenvalue weighted by atomic mass is 10.0. The van der Waals surface area contributed by atoms with Gasteiger partial charge in [-0.15, -0.1) is 0 Å². The van der Waals surface area contributed by atoms with E-state index in [9.17, 15) is 0 Å². The van der Waals surface area contributed by atoms with Crippen molar-refractivity contribution in [3.63, 3.8) is 0 Å². The summed E-state index contributed by atoms with van der Waals surface area (Å²) in [4.78, 5) is 7.13. The quantitative estimate of drug-likeness (QED) is 0.407. The molecule has 30 heavy (non-hydrogen) atoms. The van der Waals surface area contributed by atoms with Gasteiger partial charge in [-0.3, -0.25) is 4.90 Å². The minimum Gasteiger partial charge on any atom is -0.493 e. The van der Waals surface area contributed by atoms with Gasteiger partial charge >= 0.3 is 0 Å². The van der Waals surface area contributed by atoms with Crippen molar-refractivity contribution in [2.24, 2.45) is 0 Å². The molecule has 154 valence electrons. The number of hydrogen-bond donors (Lipinski definition) is 0. The number of ether oxygens (including phenoxy) is 2. The van der Waals surface area contributed by atoms with Crippen molar-refractivity contribution in [1.82, 2.24) is 15.0 Å². The van der Waals surface area contributed by atoms with Crippen LogP contribution in [0.3, 0.4) is 0 Å². The Morgan fingerprint density at radius 1 is 1.00 bits per heavy atom. The summed E-state index contributed by atoms with van der Waals surface area (Å²) < 4.78 is 15.9. The average Bonchev–Trinajstić information content (AvgIpc) is 3.25. The van der Waals surface area contributed by atoms with Crippen LogP contribution in [0.4, 0.5) is 0 Å². The predicted octanol–water partition coefficient (Wildman–Crippen LogP) is 5.19. The molecule has 0 N–H and O–H groups in total. The first kappa shape index (κ1) is 20.2. The Hall–Kier alpha value is -3.09. The summed E-state index contributed by atoms with van der Waals surface area (Å²) in [7, 11) is 5.29. The molecule has 0 aliphatic carbocycles. The highest BCUT2D eigenvalue weighted by Crippen LogP contribution is 2.35. The number of benzene rings is 2. The van der Waals surface area contributed by atoms with E-state index in [1.807, 2.05) is 49.5 Å². The van der Waals surface area contributed by atoms with Gasteiger partial charge in [-0.25, -0.2) is 4.98 Å². The predicted molar refractivity (Wildman–Crippen MR) is 117 cm³/mol. The van der Waals surface area contributed by atoms with Gasteiger partial charge in [-0.05, 0) is 36.9 Å². The molecule has 7 heteroatoms. The van der Waals surface area contributed by atoms with E-state index >= 15 is 0 Å². The van der Waals surface area contributed by atoms with Gasteiger partial charge in [0.15, 0.2) is 11.5 Å². The van der Waals surface area contributed by atoms with E-state index in [1.165, 1.54) is 0 Å². The van der Waals surface area contributed by atoms with Gasteiger partial charge in [0.1, 0.15) is 6.26 Å². The molecule has 0 atom stereocenters. The number of fused-ring (bicyclic) bond motifs is 1. The number of rotatable bonds is 7. The summed E-state index contributed by atoms with van der Waals surface area (Å²) in [6, 6.07) is 15.6. The molecule has 0 bridgehead atoms. The molecule has 2 aromatic heterocycles. The molecule has 0 radical (unpaired) electrons. The van der Waals surface area contributed by atoms with Crippen molar-refractivity contribution in [3.8, 4) is 22.8 Å². The van der Waals surface area contributed by atoms with E-state index in [1.54, 1.807) is 20.5 Å². The lowest BCUT2D eigenvalue weighted by molar-refractivity contribution is 0.304. The Kier molecular flexibility index (Phi) is 5.88. The lowest BCUT2D eigenvalue weighted by Gasteiger charge is -2.19. The summed E-state index contributed by atoms with van der Waals surface area (Å²) in [5, 5.41) is 5.65. The second kappa shape index (κ2) is 8.73. The van der Waals surface area contributed by atoms with E-state index in [-0.39, 0.29) is 0 Å². The number of pyridine rings is 1. The van der Waals surface area contributed by atoms with Crippen molar-refractivity contribution in [1.29, 1.82) is 0 Å². The van der Waals surface area contributed by atoms with Crippen LogP contribution in [0, 0.1) is 0 Å². The highest BCUT2D eigenvalue weighted by Gasteiger charge is 2.15. The molecule has 4 aromatic rings. The SMILES string of the molecule is COc1cc2cc(CN(C)Cc3ccon3)c(-c3cccc(Cl)c3)nc2cc1OC. The van der Waals surface area contributed by atoms with Crippen molar-refractivity contribution >= 4 is 22.5 Å². The molecule has 2 aromatic carbocycles. The number of aromatic nitrogens is 2. The van der Waals surface area contributed by atoms with Crippen LogP contribution in [-0.4, -0.2) is 36.3 Å². The largest absolute Gasteiger partial charge is 0.493 e. The Bertz CT molecular complexity index is 1160. The van der Waals surface area contributed by atoms with Crippen LogP contribution in [0.25, 0.3) is 22.2 Å². The highest BCUT2D eigenvalue weighted by atomic mass is 35.5. The summed E-state index contributed by atoms with van der Waals surface area (Å²) in [5.41, 5.74) is 4.61. The van der Waals surface area contributed by atoms with Crippen LogP contribution in [0.1, 0.15) is 11.3 Å². The Balaban J connectivity index is 1.81. The minimum atomic E-state index is 0.644. The van der Waals surface area contributed by atoms with Gasteiger partial charge in [0.05, 0.1) is 31.1 Å². The number of hydrogen-bond acceptors (Lipinski definition) is 6. The fourth-order valence-electron chi connectivity index (χ4n) is 3.49. The molecule has 0 amide bonds. The standard InChI is InChI=1S/C23H22ClN3O3/c1-27(14-19-7-8-30-26-19)13-17-9-16-11-21(28-2)22(29-3)12-20(16)25-23(17)15-5-4-6-18(24)10-15/h4-12H,13-14H2,1-3H3. The molecule has 0 saturated carbocycles. The van der Waals surface area contributed by atoms with Gasteiger partial charge in [-0.2, -0.15) is 0 Å². The summed E-state index contributed by atoms with van der Waals surface area (Å²) in [6.07, 6.45) is 1.58. The van der Waals surface area contributed by atoms with E-state index in [4.69, 9.17) is 30.6 Å². The second-order valence-electron chi connectivity index (χ2n) is 7.07. The van der Waals surface area contributed by atoms with Gasteiger partial charge in [0, 0.05) is 41.2 Å². The van der Waals surface area contributed by atoms with Gasteiger partial charge in [0.25, 0.3) is 0 Å². The minimum absolute atomic E-state index is 0.644.